The van der Waals surface area contributed by atoms with E-state index < -0.39 is 0 Å². The highest BCUT2D eigenvalue weighted by Gasteiger charge is 2.14. The summed E-state index contributed by atoms with van der Waals surface area (Å²) in [4.78, 5) is 12.9. The zero-order valence-corrected chi connectivity index (χ0v) is 13.5. The Bertz CT molecular complexity index is 1010. The third-order valence-corrected chi connectivity index (χ3v) is 3.90. The Labute approximate surface area is 143 Å². The van der Waals surface area contributed by atoms with Crippen molar-refractivity contribution < 1.29 is 4.39 Å². The van der Waals surface area contributed by atoms with Gasteiger partial charge in [0.15, 0.2) is 5.65 Å². The van der Waals surface area contributed by atoms with Crippen molar-refractivity contribution >= 4 is 11.5 Å². The molecule has 0 aliphatic rings. The van der Waals surface area contributed by atoms with E-state index in [2.05, 4.69) is 25.4 Å². The van der Waals surface area contributed by atoms with Crippen molar-refractivity contribution in [2.24, 2.45) is 0 Å². The number of aromatic nitrogens is 5. The smallest absolute Gasteiger partial charge is 0.157 e. The van der Waals surface area contributed by atoms with Crippen LogP contribution in [0.15, 0.2) is 61.2 Å². The Kier molecular flexibility index (Phi) is 3.81. The summed E-state index contributed by atoms with van der Waals surface area (Å²) in [6, 6.07) is 10.0. The maximum atomic E-state index is 14.2. The Balaban J connectivity index is 1.78. The fourth-order valence-electron chi connectivity index (χ4n) is 2.65. The quantitative estimate of drug-likeness (QED) is 0.619. The first-order chi connectivity index (χ1) is 12.2. The second-order valence-electron chi connectivity index (χ2n) is 5.60. The SMILES string of the molecule is C[C@H](Nc1cc(-c2ccccc2F)nc2ccnn12)c1cnccn1. The number of nitrogens with zero attached hydrogens (tertiary/aromatic N) is 5. The molecule has 1 N–H and O–H groups in total. The van der Waals surface area contributed by atoms with Gasteiger partial charge < -0.3 is 5.32 Å². The predicted molar refractivity (Wildman–Crippen MR) is 92.5 cm³/mol. The van der Waals surface area contributed by atoms with E-state index in [0.717, 1.165) is 5.69 Å². The van der Waals surface area contributed by atoms with E-state index in [0.29, 0.717) is 22.7 Å². The monoisotopic (exact) mass is 334 g/mol. The van der Waals surface area contributed by atoms with Crippen LogP contribution in [0.4, 0.5) is 10.2 Å². The molecule has 1 aromatic carbocycles. The number of halogens is 1. The van der Waals surface area contributed by atoms with E-state index in [4.69, 9.17) is 0 Å². The minimum absolute atomic E-state index is 0.100. The number of nitrogens with one attached hydrogen (secondary N) is 1. The predicted octanol–water partition coefficient (Wildman–Crippen LogP) is 3.50. The van der Waals surface area contributed by atoms with Crippen molar-refractivity contribution in [1.29, 1.82) is 0 Å². The number of rotatable bonds is 4. The molecule has 0 saturated carbocycles. The van der Waals surface area contributed by atoms with Crippen molar-refractivity contribution in [3.63, 3.8) is 0 Å². The average molecular weight is 334 g/mol. The summed E-state index contributed by atoms with van der Waals surface area (Å²) < 4.78 is 15.8. The van der Waals surface area contributed by atoms with Gasteiger partial charge in [-0.25, -0.2) is 9.37 Å². The molecule has 7 heteroatoms. The van der Waals surface area contributed by atoms with Crippen molar-refractivity contribution in [3.8, 4) is 11.3 Å². The largest absolute Gasteiger partial charge is 0.362 e. The first-order valence-electron chi connectivity index (χ1n) is 7.84. The van der Waals surface area contributed by atoms with Gasteiger partial charge in [0, 0.05) is 30.1 Å². The average Bonchev–Trinajstić information content (AvgIpc) is 3.11. The fraction of sp³-hybridized carbons (Fsp3) is 0.111. The number of hydrogen-bond donors (Lipinski definition) is 1. The molecular weight excluding hydrogens is 319 g/mol. The normalized spacial score (nSPS) is 12.2. The highest BCUT2D eigenvalue weighted by atomic mass is 19.1. The molecule has 6 nitrogen and oxygen atoms in total. The zero-order valence-electron chi connectivity index (χ0n) is 13.5. The zero-order chi connectivity index (χ0) is 17.2. The highest BCUT2D eigenvalue weighted by molar-refractivity contribution is 5.67. The van der Waals surface area contributed by atoms with Crippen LogP contribution in [0.3, 0.4) is 0 Å². The lowest BCUT2D eigenvalue weighted by Gasteiger charge is -2.16. The molecule has 0 aliphatic carbocycles. The van der Waals surface area contributed by atoms with E-state index in [1.54, 1.807) is 59.6 Å². The number of hydrogen-bond acceptors (Lipinski definition) is 5. The summed E-state index contributed by atoms with van der Waals surface area (Å²) in [5.41, 5.74) is 2.42. The van der Waals surface area contributed by atoms with E-state index in [-0.39, 0.29) is 11.9 Å². The lowest BCUT2D eigenvalue weighted by molar-refractivity contribution is 0.630. The summed E-state index contributed by atoms with van der Waals surface area (Å²) in [7, 11) is 0. The summed E-state index contributed by atoms with van der Waals surface area (Å²) >= 11 is 0. The second kappa shape index (κ2) is 6.27. The van der Waals surface area contributed by atoms with Crippen LogP contribution in [0.1, 0.15) is 18.7 Å². The molecule has 0 fully saturated rings. The minimum atomic E-state index is -0.313. The molecule has 0 radical (unpaired) electrons. The van der Waals surface area contributed by atoms with Crippen LogP contribution in [0.2, 0.25) is 0 Å². The summed E-state index contributed by atoms with van der Waals surface area (Å²) in [6.07, 6.45) is 6.64. The molecule has 124 valence electrons. The maximum absolute atomic E-state index is 14.2. The number of fused-ring (bicyclic) bond motifs is 1. The van der Waals surface area contributed by atoms with Gasteiger partial charge in [0.2, 0.25) is 0 Å². The van der Waals surface area contributed by atoms with E-state index in [9.17, 15) is 4.39 Å². The van der Waals surface area contributed by atoms with E-state index >= 15 is 0 Å². The van der Waals surface area contributed by atoms with Crippen LogP contribution in [-0.4, -0.2) is 24.6 Å². The van der Waals surface area contributed by atoms with Gasteiger partial charge in [-0.1, -0.05) is 12.1 Å². The molecular formula is C18H15FN6. The maximum Gasteiger partial charge on any atom is 0.157 e. The molecule has 4 aromatic rings. The minimum Gasteiger partial charge on any atom is -0.362 e. The van der Waals surface area contributed by atoms with Crippen LogP contribution in [0.5, 0.6) is 0 Å². The molecule has 3 heterocycles. The van der Waals surface area contributed by atoms with Gasteiger partial charge in [0.25, 0.3) is 0 Å². The molecule has 0 unspecified atom stereocenters. The molecule has 0 spiro atoms. The summed E-state index contributed by atoms with van der Waals surface area (Å²) in [6.45, 7) is 1.97. The van der Waals surface area contributed by atoms with Crippen molar-refractivity contribution in [3.05, 3.63) is 72.7 Å². The lowest BCUT2D eigenvalue weighted by atomic mass is 10.1. The van der Waals surface area contributed by atoms with Crippen molar-refractivity contribution in [1.82, 2.24) is 24.6 Å². The van der Waals surface area contributed by atoms with Gasteiger partial charge in [-0.05, 0) is 19.1 Å². The molecule has 4 rings (SSSR count). The highest BCUT2D eigenvalue weighted by Crippen LogP contribution is 2.26. The standard InChI is InChI=1S/C18H15FN6/c1-12(16-11-20-8-9-21-16)23-18-10-15(13-4-2-3-5-14(13)19)24-17-6-7-22-25(17)18/h2-12,23H,1H3/t12-/m0/s1. The molecule has 3 aromatic heterocycles. The van der Waals surface area contributed by atoms with Crippen molar-refractivity contribution in [2.75, 3.05) is 5.32 Å². The second-order valence-corrected chi connectivity index (χ2v) is 5.60. The van der Waals surface area contributed by atoms with Gasteiger partial charge in [-0.15, -0.1) is 0 Å². The van der Waals surface area contributed by atoms with E-state index in [1.807, 2.05) is 6.92 Å². The molecule has 0 aliphatic heterocycles. The first-order valence-corrected chi connectivity index (χ1v) is 7.84. The summed E-state index contributed by atoms with van der Waals surface area (Å²) in [5, 5.41) is 7.64. The Morgan fingerprint density at radius 2 is 2.00 bits per heavy atom. The van der Waals surface area contributed by atoms with Crippen LogP contribution in [0, 0.1) is 5.82 Å². The molecule has 0 saturated heterocycles. The molecule has 0 amide bonds. The third-order valence-electron chi connectivity index (χ3n) is 3.90. The van der Waals surface area contributed by atoms with Gasteiger partial charge in [-0.2, -0.15) is 9.61 Å². The Hall–Kier alpha value is -3.35. The Morgan fingerprint density at radius 3 is 2.80 bits per heavy atom. The van der Waals surface area contributed by atoms with Gasteiger partial charge in [0.1, 0.15) is 11.6 Å². The van der Waals surface area contributed by atoms with Gasteiger partial charge in [-0.3, -0.25) is 9.97 Å². The van der Waals surface area contributed by atoms with E-state index in [1.165, 1.54) is 6.07 Å². The topological polar surface area (TPSA) is 68.0 Å². The molecule has 0 bridgehead atoms. The fourth-order valence-corrected chi connectivity index (χ4v) is 2.65. The third kappa shape index (κ3) is 2.91. The first kappa shape index (κ1) is 15.2. The van der Waals surface area contributed by atoms with Gasteiger partial charge in [0.05, 0.1) is 29.8 Å². The lowest BCUT2D eigenvalue weighted by Crippen LogP contribution is -2.12. The van der Waals surface area contributed by atoms with Crippen LogP contribution >= 0.6 is 0 Å². The number of anilines is 1. The van der Waals surface area contributed by atoms with Gasteiger partial charge >= 0.3 is 0 Å². The van der Waals surface area contributed by atoms with Crippen LogP contribution in [-0.2, 0) is 0 Å². The summed E-state index contributed by atoms with van der Waals surface area (Å²) in [5.74, 6) is 0.387. The Morgan fingerprint density at radius 1 is 1.12 bits per heavy atom. The van der Waals surface area contributed by atoms with Crippen LogP contribution in [0.25, 0.3) is 16.9 Å². The van der Waals surface area contributed by atoms with Crippen molar-refractivity contribution in [2.45, 2.75) is 13.0 Å². The number of benzene rings is 1. The molecule has 25 heavy (non-hydrogen) atoms. The molecule has 1 atom stereocenters. The van der Waals surface area contributed by atoms with Crippen LogP contribution < -0.4 is 5.32 Å².